The lowest BCUT2D eigenvalue weighted by molar-refractivity contribution is 0.0693. The number of alkyl halides is 2. The van der Waals surface area contributed by atoms with E-state index in [0.717, 1.165) is 11.3 Å². The van der Waals surface area contributed by atoms with Gasteiger partial charge in [-0.1, -0.05) is 37.3 Å². The van der Waals surface area contributed by atoms with Gasteiger partial charge in [-0.3, -0.25) is 4.79 Å². The van der Waals surface area contributed by atoms with Gasteiger partial charge >= 0.3 is 0 Å². The highest BCUT2D eigenvalue weighted by atomic mass is 32.2. The summed E-state index contributed by atoms with van der Waals surface area (Å²) in [4.78, 5) is 16.4. The van der Waals surface area contributed by atoms with Crippen molar-refractivity contribution >= 4 is 38.0 Å². The van der Waals surface area contributed by atoms with E-state index in [1.54, 1.807) is 31.2 Å². The van der Waals surface area contributed by atoms with Crippen LogP contribution in [0.4, 0.5) is 8.78 Å². The summed E-state index contributed by atoms with van der Waals surface area (Å²) in [5.74, 6) is -0.680. The van der Waals surface area contributed by atoms with Crippen molar-refractivity contribution in [3.63, 3.8) is 0 Å². The van der Waals surface area contributed by atoms with Crippen molar-refractivity contribution in [1.82, 2.24) is 15.0 Å². The van der Waals surface area contributed by atoms with Crippen molar-refractivity contribution in [1.29, 1.82) is 0 Å². The molecule has 3 N–H and O–H groups in total. The zero-order valence-corrected chi connectivity index (χ0v) is 19.3. The topological polar surface area (TPSA) is 108 Å². The van der Waals surface area contributed by atoms with E-state index in [9.17, 15) is 27.1 Å². The van der Waals surface area contributed by atoms with Crippen LogP contribution in [-0.4, -0.2) is 43.1 Å². The molecule has 11 heteroatoms. The molecule has 1 heterocycles. The van der Waals surface area contributed by atoms with Crippen molar-refractivity contribution in [3.8, 4) is 10.4 Å². The predicted octanol–water partition coefficient (Wildman–Crippen LogP) is 3.70. The lowest BCUT2D eigenvalue weighted by atomic mass is 10.0. The van der Waals surface area contributed by atoms with E-state index in [1.807, 2.05) is 0 Å². The largest absolute Gasteiger partial charge is 0.389 e. The molecule has 0 aliphatic heterocycles. The predicted molar refractivity (Wildman–Crippen MR) is 120 cm³/mol. The molecule has 0 saturated heterocycles. The third kappa shape index (κ3) is 5.12. The number of amides is 1. The van der Waals surface area contributed by atoms with Crippen molar-refractivity contribution in [2.45, 2.75) is 37.7 Å². The van der Waals surface area contributed by atoms with Gasteiger partial charge in [-0.15, -0.1) is 11.3 Å². The Labute approximate surface area is 188 Å². The standard InChI is InChI=1S/C21H23F2N3O4S2/c1-4-25-32(29,30)15-10-9-14(12-7-5-6-8-13(12)15)17-16(18(22)23)26-20(31-17)19(27)24-11-21(2,3)28/h5-10,18,25,28H,4,11H2,1-3H3,(H,24,27). The molecule has 3 aromatic rings. The average molecular weight is 484 g/mol. The average Bonchev–Trinajstić information content (AvgIpc) is 3.16. The molecule has 0 aliphatic carbocycles. The number of aromatic nitrogens is 1. The number of benzene rings is 2. The molecule has 0 aliphatic rings. The van der Waals surface area contributed by atoms with Gasteiger partial charge in [0.2, 0.25) is 10.0 Å². The number of nitrogens with one attached hydrogen (secondary N) is 2. The first-order valence-corrected chi connectivity index (χ1v) is 12.1. The number of carbonyl (C=O) groups excluding carboxylic acids is 1. The van der Waals surface area contributed by atoms with Crippen molar-refractivity contribution in [2.75, 3.05) is 13.1 Å². The van der Waals surface area contributed by atoms with E-state index < -0.39 is 33.7 Å². The Morgan fingerprint density at radius 1 is 1.19 bits per heavy atom. The fourth-order valence-electron chi connectivity index (χ4n) is 3.11. The minimum absolute atomic E-state index is 0.0324. The summed E-state index contributed by atoms with van der Waals surface area (Å²) in [5.41, 5.74) is -1.38. The normalized spacial score (nSPS) is 12.5. The van der Waals surface area contributed by atoms with Crippen LogP contribution < -0.4 is 10.0 Å². The maximum absolute atomic E-state index is 13.8. The molecule has 172 valence electrons. The molecule has 7 nitrogen and oxygen atoms in total. The summed E-state index contributed by atoms with van der Waals surface area (Å²) < 4.78 is 55.2. The molecule has 2 aromatic carbocycles. The Balaban J connectivity index is 2.15. The van der Waals surface area contributed by atoms with Crippen LogP contribution in [0.3, 0.4) is 0 Å². The Morgan fingerprint density at radius 2 is 1.84 bits per heavy atom. The first-order valence-electron chi connectivity index (χ1n) is 9.76. The van der Waals surface area contributed by atoms with Crippen molar-refractivity contribution in [2.24, 2.45) is 0 Å². The molecule has 0 saturated carbocycles. The second-order valence-electron chi connectivity index (χ2n) is 7.69. The number of fused-ring (bicyclic) bond motifs is 1. The van der Waals surface area contributed by atoms with Gasteiger partial charge in [-0.2, -0.15) is 0 Å². The van der Waals surface area contributed by atoms with E-state index in [2.05, 4.69) is 15.0 Å². The zero-order valence-electron chi connectivity index (χ0n) is 17.6. The maximum atomic E-state index is 13.8. The highest BCUT2D eigenvalue weighted by molar-refractivity contribution is 7.89. The fraction of sp³-hybridized carbons (Fsp3) is 0.333. The lowest BCUT2D eigenvalue weighted by Crippen LogP contribution is -2.38. The van der Waals surface area contributed by atoms with Gasteiger partial charge in [-0.05, 0) is 25.3 Å². The van der Waals surface area contributed by atoms with Gasteiger partial charge in [0, 0.05) is 24.0 Å². The third-order valence-corrected chi connectivity index (χ3v) is 7.20. The van der Waals surface area contributed by atoms with Gasteiger partial charge < -0.3 is 10.4 Å². The molecule has 0 fully saturated rings. The number of thiazole rings is 1. The first kappa shape index (κ1) is 24.2. The van der Waals surface area contributed by atoms with Crippen LogP contribution in [-0.2, 0) is 10.0 Å². The number of hydrogen-bond donors (Lipinski definition) is 3. The molecule has 3 rings (SSSR count). The van der Waals surface area contributed by atoms with Gasteiger partial charge in [0.15, 0.2) is 5.01 Å². The molecule has 0 atom stereocenters. The van der Waals surface area contributed by atoms with Crippen LogP contribution in [0.2, 0.25) is 0 Å². The number of hydrogen-bond acceptors (Lipinski definition) is 6. The van der Waals surface area contributed by atoms with Crippen LogP contribution in [0.25, 0.3) is 21.2 Å². The van der Waals surface area contributed by atoms with E-state index in [4.69, 9.17) is 0 Å². The molecule has 0 bridgehead atoms. The van der Waals surface area contributed by atoms with E-state index in [0.29, 0.717) is 16.3 Å². The number of aliphatic hydroxyl groups is 1. The Kier molecular flexibility index (Phi) is 6.94. The second-order valence-corrected chi connectivity index (χ2v) is 10.4. The van der Waals surface area contributed by atoms with Crippen LogP contribution >= 0.6 is 11.3 Å². The van der Waals surface area contributed by atoms with E-state index in [-0.39, 0.29) is 27.9 Å². The zero-order chi connectivity index (χ0) is 23.7. The molecule has 0 radical (unpaired) electrons. The molecular formula is C21H23F2N3O4S2. The molecular weight excluding hydrogens is 460 g/mol. The second kappa shape index (κ2) is 9.18. The number of nitrogens with zero attached hydrogens (tertiary/aromatic N) is 1. The summed E-state index contributed by atoms with van der Waals surface area (Å²) in [6.07, 6.45) is -2.94. The molecule has 0 spiro atoms. The fourth-order valence-corrected chi connectivity index (χ4v) is 5.39. The summed E-state index contributed by atoms with van der Waals surface area (Å²) >= 11 is 0.788. The summed E-state index contributed by atoms with van der Waals surface area (Å²) in [6, 6.07) is 9.38. The monoisotopic (exact) mass is 483 g/mol. The van der Waals surface area contributed by atoms with Crippen LogP contribution in [0.1, 0.15) is 42.7 Å². The van der Waals surface area contributed by atoms with Crippen molar-refractivity contribution in [3.05, 3.63) is 47.1 Å². The molecule has 32 heavy (non-hydrogen) atoms. The lowest BCUT2D eigenvalue weighted by Gasteiger charge is -2.16. The van der Waals surface area contributed by atoms with Gasteiger partial charge in [0.25, 0.3) is 12.3 Å². The summed E-state index contributed by atoms with van der Waals surface area (Å²) in [6.45, 7) is 4.78. The highest BCUT2D eigenvalue weighted by Crippen LogP contribution is 2.40. The number of rotatable bonds is 8. The Bertz CT molecular complexity index is 1250. The van der Waals surface area contributed by atoms with Gasteiger partial charge in [-0.25, -0.2) is 26.9 Å². The third-order valence-electron chi connectivity index (χ3n) is 4.49. The Hall–Kier alpha value is -2.47. The smallest absolute Gasteiger partial charge is 0.281 e. The quantitative estimate of drug-likeness (QED) is 0.453. The highest BCUT2D eigenvalue weighted by Gasteiger charge is 2.27. The number of sulfonamides is 1. The molecule has 1 amide bonds. The van der Waals surface area contributed by atoms with Crippen LogP contribution in [0.5, 0.6) is 0 Å². The minimum atomic E-state index is -3.79. The molecule has 1 aromatic heterocycles. The number of carbonyl (C=O) groups is 1. The van der Waals surface area contributed by atoms with Crippen LogP contribution in [0.15, 0.2) is 41.3 Å². The van der Waals surface area contributed by atoms with Crippen molar-refractivity contribution < 1.29 is 27.1 Å². The van der Waals surface area contributed by atoms with E-state index >= 15 is 0 Å². The van der Waals surface area contributed by atoms with Crippen LogP contribution in [0, 0.1) is 0 Å². The maximum Gasteiger partial charge on any atom is 0.281 e. The minimum Gasteiger partial charge on any atom is -0.389 e. The van der Waals surface area contributed by atoms with Gasteiger partial charge in [0.1, 0.15) is 5.69 Å². The van der Waals surface area contributed by atoms with Gasteiger partial charge in [0.05, 0.1) is 15.4 Å². The number of halogens is 2. The first-order chi connectivity index (χ1) is 14.9. The Morgan fingerprint density at radius 3 is 2.44 bits per heavy atom. The SMILES string of the molecule is CCNS(=O)(=O)c1ccc(-c2sc(C(=O)NCC(C)(C)O)nc2C(F)F)c2ccccc12. The summed E-state index contributed by atoms with van der Waals surface area (Å²) in [5, 5.41) is 12.9. The van der Waals surface area contributed by atoms with E-state index in [1.165, 1.54) is 26.0 Å². The summed E-state index contributed by atoms with van der Waals surface area (Å²) in [7, 11) is -3.79. The molecule has 0 unspecified atom stereocenters.